The lowest BCUT2D eigenvalue weighted by atomic mass is 10.1. The van der Waals surface area contributed by atoms with E-state index in [1.54, 1.807) is 35.5 Å². The summed E-state index contributed by atoms with van der Waals surface area (Å²) in [6.45, 7) is 2.82. The molecule has 8 heteroatoms. The first kappa shape index (κ1) is 19.3. The molecule has 2 N–H and O–H groups in total. The van der Waals surface area contributed by atoms with Crippen molar-refractivity contribution in [2.75, 3.05) is 22.1 Å². The zero-order valence-electron chi connectivity index (χ0n) is 16.5. The first-order chi connectivity index (χ1) is 14.7. The largest absolute Gasteiger partial charge is 0.382 e. The number of nitrogens with one attached hydrogen (secondary N) is 2. The van der Waals surface area contributed by atoms with E-state index in [0.29, 0.717) is 22.9 Å². The Labute approximate surface area is 174 Å². The number of anilines is 3. The van der Waals surface area contributed by atoms with Crippen LogP contribution in [0.1, 0.15) is 25.3 Å². The number of pyridine rings is 3. The number of urea groups is 1. The Bertz CT molecular complexity index is 1090. The Morgan fingerprint density at radius 3 is 3.00 bits per heavy atom. The average Bonchev–Trinajstić information content (AvgIpc) is 2.77. The molecule has 0 saturated heterocycles. The highest BCUT2D eigenvalue weighted by Gasteiger charge is 2.28. The van der Waals surface area contributed by atoms with Crippen molar-refractivity contribution in [1.82, 2.24) is 15.0 Å². The van der Waals surface area contributed by atoms with Crippen LogP contribution in [0.5, 0.6) is 0 Å². The van der Waals surface area contributed by atoms with Crippen LogP contribution in [0.2, 0.25) is 0 Å². The van der Waals surface area contributed by atoms with Crippen LogP contribution in [-0.2, 0) is 0 Å². The molecule has 2 amide bonds. The van der Waals surface area contributed by atoms with Gasteiger partial charge in [-0.05, 0) is 50.1 Å². The summed E-state index contributed by atoms with van der Waals surface area (Å²) in [5.74, 6) is 1.02. The average molecular weight is 399 g/mol. The van der Waals surface area contributed by atoms with Crippen molar-refractivity contribution in [2.45, 2.75) is 25.8 Å². The van der Waals surface area contributed by atoms with Crippen molar-refractivity contribution in [1.29, 1.82) is 5.26 Å². The number of nitrogens with zero attached hydrogens (tertiary/aromatic N) is 5. The van der Waals surface area contributed by atoms with Gasteiger partial charge < -0.3 is 5.32 Å². The van der Waals surface area contributed by atoms with Gasteiger partial charge in [-0.15, -0.1) is 0 Å². The number of carbonyl (C=O) groups is 1. The van der Waals surface area contributed by atoms with Crippen LogP contribution in [0.4, 0.5) is 22.1 Å². The molecular formula is C22H21N7O. The molecular weight excluding hydrogens is 378 g/mol. The Balaban J connectivity index is 1.75. The molecule has 0 aliphatic carbocycles. The van der Waals surface area contributed by atoms with Crippen LogP contribution in [0.3, 0.4) is 0 Å². The summed E-state index contributed by atoms with van der Waals surface area (Å²) in [4.78, 5) is 28.0. The maximum absolute atomic E-state index is 13.2. The SMILES string of the molecule is C[C@@H]1CCCNc2ccc(-c3cncc(C#N)c3)nc2N1C(=O)Nc1ccccn1. The zero-order valence-corrected chi connectivity index (χ0v) is 16.5. The van der Waals surface area contributed by atoms with Gasteiger partial charge in [-0.1, -0.05) is 6.07 Å². The maximum atomic E-state index is 13.2. The summed E-state index contributed by atoms with van der Waals surface area (Å²) in [6, 6.07) is 12.6. The van der Waals surface area contributed by atoms with Gasteiger partial charge in [-0.3, -0.25) is 15.2 Å². The fourth-order valence-corrected chi connectivity index (χ4v) is 3.43. The minimum atomic E-state index is -0.292. The van der Waals surface area contributed by atoms with E-state index in [-0.39, 0.29) is 12.1 Å². The van der Waals surface area contributed by atoms with Crippen molar-refractivity contribution in [3.8, 4) is 17.3 Å². The molecule has 0 saturated carbocycles. The number of nitriles is 1. The summed E-state index contributed by atoms with van der Waals surface area (Å²) >= 11 is 0. The summed E-state index contributed by atoms with van der Waals surface area (Å²) < 4.78 is 0. The van der Waals surface area contributed by atoms with Crippen molar-refractivity contribution in [3.63, 3.8) is 0 Å². The van der Waals surface area contributed by atoms with E-state index < -0.39 is 0 Å². The van der Waals surface area contributed by atoms with Crippen LogP contribution in [-0.4, -0.2) is 33.6 Å². The van der Waals surface area contributed by atoms with Gasteiger partial charge >= 0.3 is 6.03 Å². The summed E-state index contributed by atoms with van der Waals surface area (Å²) in [5.41, 5.74) is 2.60. The number of rotatable bonds is 2. The lowest BCUT2D eigenvalue weighted by Gasteiger charge is -2.32. The van der Waals surface area contributed by atoms with E-state index in [1.807, 2.05) is 25.1 Å². The normalized spacial score (nSPS) is 15.7. The van der Waals surface area contributed by atoms with Crippen LogP contribution in [0, 0.1) is 11.3 Å². The molecule has 30 heavy (non-hydrogen) atoms. The smallest absolute Gasteiger partial charge is 0.328 e. The number of hydrogen-bond acceptors (Lipinski definition) is 6. The van der Waals surface area contributed by atoms with Crippen molar-refractivity contribution >= 4 is 23.4 Å². The number of hydrogen-bond donors (Lipinski definition) is 2. The van der Waals surface area contributed by atoms with E-state index in [1.165, 1.54) is 6.20 Å². The fourth-order valence-electron chi connectivity index (χ4n) is 3.43. The summed E-state index contributed by atoms with van der Waals surface area (Å²) in [6.07, 6.45) is 6.57. The number of carbonyl (C=O) groups excluding carboxylic acids is 1. The van der Waals surface area contributed by atoms with E-state index in [2.05, 4.69) is 26.7 Å². The van der Waals surface area contributed by atoms with E-state index in [0.717, 1.165) is 30.6 Å². The Kier molecular flexibility index (Phi) is 5.52. The first-order valence-electron chi connectivity index (χ1n) is 9.77. The molecule has 3 aromatic rings. The molecule has 1 aliphatic rings. The third-order valence-corrected chi connectivity index (χ3v) is 4.94. The van der Waals surface area contributed by atoms with Crippen LogP contribution >= 0.6 is 0 Å². The monoisotopic (exact) mass is 399 g/mol. The number of aromatic nitrogens is 3. The van der Waals surface area contributed by atoms with Gasteiger partial charge in [-0.25, -0.2) is 14.8 Å². The standard InChI is InChI=1S/C22H21N7O/c1-15-5-4-10-25-19-8-7-18(17-11-16(12-23)13-24-14-17)27-21(19)29(15)22(30)28-20-6-2-3-9-26-20/h2-3,6-9,11,13-15,25H,4-5,10H2,1H3,(H,26,28,30)/t15-/m1/s1. The molecule has 1 atom stereocenters. The third kappa shape index (κ3) is 4.05. The van der Waals surface area contributed by atoms with Crippen LogP contribution < -0.4 is 15.5 Å². The topological polar surface area (TPSA) is 107 Å². The highest BCUT2D eigenvalue weighted by molar-refractivity contribution is 6.03. The quantitative estimate of drug-likeness (QED) is 0.673. The molecule has 0 radical (unpaired) electrons. The van der Waals surface area contributed by atoms with Crippen molar-refractivity contribution in [3.05, 3.63) is 60.6 Å². The molecule has 8 nitrogen and oxygen atoms in total. The minimum absolute atomic E-state index is 0.0547. The van der Waals surface area contributed by atoms with Gasteiger partial charge in [0, 0.05) is 36.7 Å². The van der Waals surface area contributed by atoms with E-state index >= 15 is 0 Å². The van der Waals surface area contributed by atoms with Crippen molar-refractivity contribution < 1.29 is 4.79 Å². The Morgan fingerprint density at radius 2 is 2.20 bits per heavy atom. The van der Waals surface area contributed by atoms with E-state index in [9.17, 15) is 10.1 Å². The molecule has 0 fully saturated rings. The van der Waals surface area contributed by atoms with Gasteiger partial charge in [-0.2, -0.15) is 5.26 Å². The first-order valence-corrected chi connectivity index (χ1v) is 9.77. The molecule has 4 heterocycles. The third-order valence-electron chi connectivity index (χ3n) is 4.94. The van der Waals surface area contributed by atoms with Gasteiger partial charge in [0.2, 0.25) is 0 Å². The Morgan fingerprint density at radius 1 is 1.30 bits per heavy atom. The van der Waals surface area contributed by atoms with E-state index in [4.69, 9.17) is 4.98 Å². The van der Waals surface area contributed by atoms with Crippen LogP contribution in [0.15, 0.2) is 55.0 Å². The second-order valence-electron chi connectivity index (χ2n) is 7.07. The molecule has 4 rings (SSSR count). The van der Waals surface area contributed by atoms with Gasteiger partial charge in [0.05, 0.1) is 16.9 Å². The molecule has 1 aliphatic heterocycles. The summed E-state index contributed by atoms with van der Waals surface area (Å²) in [7, 11) is 0. The highest BCUT2D eigenvalue weighted by atomic mass is 16.2. The predicted molar refractivity (Wildman–Crippen MR) is 115 cm³/mol. The fraction of sp³-hybridized carbons (Fsp3) is 0.227. The maximum Gasteiger partial charge on any atom is 0.328 e. The Hall–Kier alpha value is -3.99. The lowest BCUT2D eigenvalue weighted by molar-refractivity contribution is 0.254. The highest BCUT2D eigenvalue weighted by Crippen LogP contribution is 2.32. The zero-order chi connectivity index (χ0) is 20.9. The lowest BCUT2D eigenvalue weighted by Crippen LogP contribution is -2.43. The summed E-state index contributed by atoms with van der Waals surface area (Å²) in [5, 5.41) is 15.4. The molecule has 0 bridgehead atoms. The van der Waals surface area contributed by atoms with Gasteiger partial charge in [0.15, 0.2) is 5.82 Å². The molecule has 3 aromatic heterocycles. The molecule has 150 valence electrons. The molecule has 0 aromatic carbocycles. The van der Waals surface area contributed by atoms with Crippen LogP contribution in [0.25, 0.3) is 11.3 Å². The predicted octanol–water partition coefficient (Wildman–Crippen LogP) is 4.04. The van der Waals surface area contributed by atoms with Crippen molar-refractivity contribution in [2.24, 2.45) is 0 Å². The second-order valence-corrected chi connectivity index (χ2v) is 7.07. The van der Waals surface area contributed by atoms with Gasteiger partial charge in [0.25, 0.3) is 0 Å². The second kappa shape index (κ2) is 8.57. The molecule has 0 unspecified atom stereocenters. The molecule has 0 spiro atoms. The minimum Gasteiger partial charge on any atom is -0.382 e. The number of amides is 2. The number of fused-ring (bicyclic) bond motifs is 1. The van der Waals surface area contributed by atoms with Gasteiger partial charge in [0.1, 0.15) is 11.9 Å².